The highest BCUT2D eigenvalue weighted by Gasteiger charge is 2.10. The molecule has 1 aromatic heterocycles. The van der Waals surface area contributed by atoms with Gasteiger partial charge in [-0.1, -0.05) is 11.6 Å². The van der Waals surface area contributed by atoms with Gasteiger partial charge in [0.05, 0.1) is 0 Å². The minimum atomic E-state index is -1.33. The van der Waals surface area contributed by atoms with E-state index in [2.05, 4.69) is 5.32 Å². The van der Waals surface area contributed by atoms with E-state index in [4.69, 9.17) is 16.7 Å². The number of hydrogen-bond donors (Lipinski definition) is 2. The van der Waals surface area contributed by atoms with E-state index in [0.717, 1.165) is 12.3 Å². The van der Waals surface area contributed by atoms with Crippen LogP contribution in [-0.4, -0.2) is 21.6 Å². The van der Waals surface area contributed by atoms with Crippen molar-refractivity contribution in [3.05, 3.63) is 63.5 Å². The van der Waals surface area contributed by atoms with Crippen molar-refractivity contribution < 1.29 is 14.7 Å². The second-order valence-corrected chi connectivity index (χ2v) is 4.69. The van der Waals surface area contributed by atoms with Gasteiger partial charge in [-0.25, -0.2) is 4.79 Å². The average molecular weight is 307 g/mol. The molecule has 0 aliphatic rings. The first-order valence-electron chi connectivity index (χ1n) is 5.94. The van der Waals surface area contributed by atoms with E-state index in [1.54, 1.807) is 24.3 Å². The molecule has 1 aromatic carbocycles. The van der Waals surface area contributed by atoms with Crippen LogP contribution >= 0.6 is 11.6 Å². The Kier molecular flexibility index (Phi) is 4.39. The number of rotatable bonds is 4. The number of benzene rings is 1. The van der Waals surface area contributed by atoms with Crippen LogP contribution in [0.25, 0.3) is 0 Å². The fourth-order valence-corrected chi connectivity index (χ4v) is 1.81. The molecule has 6 nitrogen and oxygen atoms in total. The molecule has 2 aromatic rings. The van der Waals surface area contributed by atoms with Gasteiger partial charge in [-0.15, -0.1) is 0 Å². The van der Waals surface area contributed by atoms with Crippen LogP contribution < -0.4 is 10.7 Å². The topological polar surface area (TPSA) is 88.4 Å². The fourth-order valence-electron chi connectivity index (χ4n) is 1.68. The van der Waals surface area contributed by atoms with Gasteiger partial charge in [0.1, 0.15) is 12.1 Å². The molecule has 0 saturated heterocycles. The second kappa shape index (κ2) is 6.23. The molecule has 0 atom stereocenters. The lowest BCUT2D eigenvalue weighted by Gasteiger charge is -2.08. The summed E-state index contributed by atoms with van der Waals surface area (Å²) in [6.07, 6.45) is 2.49. The third kappa shape index (κ3) is 3.93. The van der Waals surface area contributed by atoms with Gasteiger partial charge in [-0.2, -0.15) is 0 Å². The number of carboxylic acids is 1. The van der Waals surface area contributed by atoms with Crippen molar-refractivity contribution in [2.24, 2.45) is 0 Å². The summed E-state index contributed by atoms with van der Waals surface area (Å²) in [5.74, 6) is -1.68. The minimum absolute atomic E-state index is 0.108. The number of carboxylic acid groups (broad SMARTS) is 1. The maximum Gasteiger partial charge on any atom is 0.341 e. The second-order valence-electron chi connectivity index (χ2n) is 4.26. The predicted molar refractivity (Wildman–Crippen MR) is 77.7 cm³/mol. The Labute approximate surface area is 124 Å². The number of amides is 1. The number of halogens is 1. The highest BCUT2D eigenvalue weighted by Crippen LogP contribution is 2.13. The van der Waals surface area contributed by atoms with E-state index in [-0.39, 0.29) is 18.0 Å². The number of aromatic nitrogens is 1. The summed E-state index contributed by atoms with van der Waals surface area (Å²) in [5.41, 5.74) is -0.405. The number of aromatic carboxylic acids is 1. The number of carbonyl (C=O) groups excluding carboxylic acids is 1. The van der Waals surface area contributed by atoms with Crippen LogP contribution in [0, 0.1) is 0 Å². The smallest absolute Gasteiger partial charge is 0.341 e. The zero-order valence-electron chi connectivity index (χ0n) is 10.7. The predicted octanol–water partition coefficient (Wildman–Crippen LogP) is 1.84. The molecular formula is C14H11ClN2O4. The summed E-state index contributed by atoms with van der Waals surface area (Å²) in [4.78, 5) is 34.0. The third-order valence-corrected chi connectivity index (χ3v) is 2.91. The first-order chi connectivity index (χ1) is 9.95. The molecule has 0 unspecified atom stereocenters. The van der Waals surface area contributed by atoms with Gasteiger partial charge in [0.25, 0.3) is 0 Å². The molecule has 0 aliphatic carbocycles. The lowest BCUT2D eigenvalue weighted by Crippen LogP contribution is -2.22. The molecule has 2 rings (SSSR count). The standard InChI is InChI=1S/C14H11ClN2O4/c15-9-1-3-10(4-2-9)16-13(19)8-17-6-5-12(18)11(7-17)14(20)21/h1-7H,8H2,(H,16,19)(H,20,21). The van der Waals surface area contributed by atoms with Crippen LogP contribution in [0.3, 0.4) is 0 Å². The van der Waals surface area contributed by atoms with Crippen molar-refractivity contribution in [1.29, 1.82) is 0 Å². The van der Waals surface area contributed by atoms with Crippen LogP contribution in [0.5, 0.6) is 0 Å². The van der Waals surface area contributed by atoms with Crippen molar-refractivity contribution >= 4 is 29.2 Å². The molecule has 1 amide bonds. The maximum absolute atomic E-state index is 11.8. The molecule has 7 heteroatoms. The number of nitrogens with one attached hydrogen (secondary N) is 1. The van der Waals surface area contributed by atoms with E-state index in [9.17, 15) is 14.4 Å². The minimum Gasteiger partial charge on any atom is -0.477 e. The van der Waals surface area contributed by atoms with Crippen molar-refractivity contribution in [2.75, 3.05) is 5.32 Å². The first-order valence-corrected chi connectivity index (χ1v) is 6.32. The van der Waals surface area contributed by atoms with Gasteiger partial charge in [-0.05, 0) is 24.3 Å². The summed E-state index contributed by atoms with van der Waals surface area (Å²) in [6.45, 7) is -0.108. The molecule has 1 heterocycles. The van der Waals surface area contributed by atoms with Crippen molar-refractivity contribution in [2.45, 2.75) is 6.54 Å². The number of anilines is 1. The van der Waals surface area contributed by atoms with E-state index in [0.29, 0.717) is 10.7 Å². The molecule has 0 bridgehead atoms. The number of hydrogen-bond acceptors (Lipinski definition) is 3. The van der Waals surface area contributed by atoms with Gasteiger partial charge in [-0.3, -0.25) is 9.59 Å². The van der Waals surface area contributed by atoms with Gasteiger partial charge in [0.2, 0.25) is 5.91 Å². The van der Waals surface area contributed by atoms with Crippen LogP contribution in [0.15, 0.2) is 47.5 Å². The number of carbonyl (C=O) groups is 2. The lowest BCUT2D eigenvalue weighted by molar-refractivity contribution is -0.116. The van der Waals surface area contributed by atoms with Gasteiger partial charge >= 0.3 is 5.97 Å². The SMILES string of the molecule is O=C(Cn1ccc(=O)c(C(=O)O)c1)Nc1ccc(Cl)cc1. The Morgan fingerprint density at radius 3 is 2.48 bits per heavy atom. The average Bonchev–Trinajstić information content (AvgIpc) is 2.43. The van der Waals surface area contributed by atoms with Gasteiger partial charge < -0.3 is 15.0 Å². The molecule has 0 spiro atoms. The third-order valence-electron chi connectivity index (χ3n) is 2.66. The normalized spacial score (nSPS) is 10.1. The van der Waals surface area contributed by atoms with Crippen LogP contribution in [0.1, 0.15) is 10.4 Å². The Balaban J connectivity index is 2.09. The highest BCUT2D eigenvalue weighted by molar-refractivity contribution is 6.30. The Bertz CT molecular complexity index is 737. The highest BCUT2D eigenvalue weighted by atomic mass is 35.5. The van der Waals surface area contributed by atoms with Crippen molar-refractivity contribution in [1.82, 2.24) is 4.57 Å². The summed E-state index contributed by atoms with van der Waals surface area (Å²) in [6, 6.07) is 7.68. The molecule has 0 saturated carbocycles. The van der Waals surface area contributed by atoms with Gasteiger partial charge in [0, 0.05) is 29.2 Å². The molecular weight excluding hydrogens is 296 g/mol. The van der Waals surface area contributed by atoms with E-state index < -0.39 is 11.4 Å². The van der Waals surface area contributed by atoms with E-state index >= 15 is 0 Å². The molecule has 2 N–H and O–H groups in total. The lowest BCUT2D eigenvalue weighted by atomic mass is 10.2. The van der Waals surface area contributed by atoms with Crippen LogP contribution in [0.4, 0.5) is 5.69 Å². The molecule has 21 heavy (non-hydrogen) atoms. The largest absolute Gasteiger partial charge is 0.477 e. The Morgan fingerprint density at radius 2 is 1.86 bits per heavy atom. The molecule has 0 fully saturated rings. The quantitative estimate of drug-likeness (QED) is 0.902. The summed E-state index contributed by atoms with van der Waals surface area (Å²) < 4.78 is 1.33. The van der Waals surface area contributed by atoms with Gasteiger partial charge in [0.15, 0.2) is 5.43 Å². The summed E-state index contributed by atoms with van der Waals surface area (Å²) in [5, 5.41) is 12.1. The molecule has 0 aliphatic heterocycles. The summed E-state index contributed by atoms with van der Waals surface area (Å²) in [7, 11) is 0. The zero-order valence-corrected chi connectivity index (χ0v) is 11.5. The number of nitrogens with zero attached hydrogens (tertiary/aromatic N) is 1. The monoisotopic (exact) mass is 306 g/mol. The van der Waals surface area contributed by atoms with Crippen molar-refractivity contribution in [3.63, 3.8) is 0 Å². The maximum atomic E-state index is 11.8. The molecule has 108 valence electrons. The van der Waals surface area contributed by atoms with Crippen LogP contribution in [0.2, 0.25) is 5.02 Å². The molecule has 0 radical (unpaired) electrons. The van der Waals surface area contributed by atoms with Crippen LogP contribution in [-0.2, 0) is 11.3 Å². The van der Waals surface area contributed by atoms with E-state index in [1.165, 1.54) is 10.8 Å². The first kappa shape index (κ1) is 14.8. The summed E-state index contributed by atoms with van der Waals surface area (Å²) >= 11 is 5.74. The zero-order chi connectivity index (χ0) is 15.4. The number of pyridine rings is 1. The van der Waals surface area contributed by atoms with E-state index in [1.807, 2.05) is 0 Å². The Hall–Kier alpha value is -2.60. The van der Waals surface area contributed by atoms with Crippen molar-refractivity contribution in [3.8, 4) is 0 Å². The Morgan fingerprint density at radius 1 is 1.19 bits per heavy atom. The fraction of sp³-hybridized carbons (Fsp3) is 0.0714.